The first kappa shape index (κ1) is 16.0. The van der Waals surface area contributed by atoms with Crippen molar-refractivity contribution >= 4 is 26.8 Å². The van der Waals surface area contributed by atoms with E-state index >= 15 is 0 Å². The Hall–Kier alpha value is -1.86. The predicted octanol–water partition coefficient (Wildman–Crippen LogP) is 1.73. The number of hydrogen-bond acceptors (Lipinski definition) is 3. The molecule has 6 nitrogen and oxygen atoms in total. The van der Waals surface area contributed by atoms with Crippen molar-refractivity contribution in [2.24, 2.45) is 0 Å². The Balaban J connectivity index is 2.00. The van der Waals surface area contributed by atoms with Gasteiger partial charge >= 0.3 is 0 Å². The Kier molecular flexibility index (Phi) is 4.16. The van der Waals surface area contributed by atoms with Gasteiger partial charge in [-0.05, 0) is 44.0 Å². The number of amides is 1. The van der Waals surface area contributed by atoms with Gasteiger partial charge in [0.1, 0.15) is 6.04 Å². The fraction of sp³-hybridized carbons (Fsp3) is 0.438. The van der Waals surface area contributed by atoms with Crippen molar-refractivity contribution in [3.05, 3.63) is 30.5 Å². The highest BCUT2D eigenvalue weighted by Crippen LogP contribution is 2.26. The van der Waals surface area contributed by atoms with E-state index in [9.17, 15) is 13.2 Å². The zero-order valence-electron chi connectivity index (χ0n) is 13.3. The first-order valence-electron chi connectivity index (χ1n) is 7.77. The maximum atomic E-state index is 12.6. The highest BCUT2D eigenvalue weighted by molar-refractivity contribution is 7.89. The Morgan fingerprint density at radius 2 is 1.91 bits per heavy atom. The summed E-state index contributed by atoms with van der Waals surface area (Å²) in [5.41, 5.74) is 0.849. The molecule has 1 saturated heterocycles. The van der Waals surface area contributed by atoms with Gasteiger partial charge in [-0.1, -0.05) is 0 Å². The molecule has 0 unspecified atom stereocenters. The van der Waals surface area contributed by atoms with Crippen LogP contribution in [0.5, 0.6) is 0 Å². The molecule has 124 valence electrons. The van der Waals surface area contributed by atoms with Gasteiger partial charge in [-0.3, -0.25) is 4.79 Å². The first-order valence-corrected chi connectivity index (χ1v) is 9.21. The molecule has 2 heterocycles. The summed E-state index contributed by atoms with van der Waals surface area (Å²) in [5, 5.41) is 3.45. The minimum atomic E-state index is -3.42. The second kappa shape index (κ2) is 5.98. The summed E-state index contributed by atoms with van der Waals surface area (Å²) in [6.07, 6.45) is 3.65. The number of nitrogens with zero attached hydrogens (tertiary/aromatic N) is 2. The maximum absolute atomic E-state index is 12.6. The van der Waals surface area contributed by atoms with Crippen LogP contribution in [-0.2, 0) is 14.8 Å². The number of carbonyl (C=O) groups is 1. The van der Waals surface area contributed by atoms with Crippen LogP contribution >= 0.6 is 0 Å². The number of carbonyl (C=O) groups excluding carboxylic acids is 1. The number of benzene rings is 1. The van der Waals surface area contributed by atoms with Gasteiger partial charge in [0.25, 0.3) is 0 Å². The van der Waals surface area contributed by atoms with E-state index in [1.165, 1.54) is 4.31 Å². The van der Waals surface area contributed by atoms with Crippen molar-refractivity contribution < 1.29 is 13.2 Å². The molecule has 1 aromatic carbocycles. The topological polar surface area (TPSA) is 71.4 Å². The van der Waals surface area contributed by atoms with Crippen LogP contribution < -0.4 is 5.32 Å². The van der Waals surface area contributed by atoms with Gasteiger partial charge in [-0.15, -0.1) is 0 Å². The third kappa shape index (κ3) is 2.74. The highest BCUT2D eigenvalue weighted by atomic mass is 32.2. The number of rotatable bonds is 4. The number of nitrogens with one attached hydrogen (secondary N) is 1. The standard InChI is InChI=1S/C16H21N3O3S/c1-12(16(20)17-2)19-10-7-13-11-14(5-6-15(13)19)23(21,22)18-8-3-4-9-18/h5-7,10-12H,3-4,8-9H2,1-2H3,(H,17,20)/t12-/m0/s1. The van der Waals surface area contributed by atoms with Gasteiger partial charge in [-0.25, -0.2) is 8.42 Å². The Bertz CT molecular complexity index is 835. The van der Waals surface area contributed by atoms with Crippen molar-refractivity contribution in [2.45, 2.75) is 30.7 Å². The molecule has 0 aliphatic carbocycles. The van der Waals surface area contributed by atoms with Gasteiger partial charge in [0.15, 0.2) is 0 Å². The molecule has 23 heavy (non-hydrogen) atoms. The summed E-state index contributed by atoms with van der Waals surface area (Å²) in [6, 6.07) is 6.59. The zero-order valence-corrected chi connectivity index (χ0v) is 14.1. The average molecular weight is 335 g/mol. The van der Waals surface area contributed by atoms with Crippen LogP contribution in [0.25, 0.3) is 10.9 Å². The van der Waals surface area contributed by atoms with Crippen molar-refractivity contribution in [2.75, 3.05) is 20.1 Å². The molecule has 1 fully saturated rings. The number of aromatic nitrogens is 1. The second-order valence-electron chi connectivity index (χ2n) is 5.85. The van der Waals surface area contributed by atoms with Crippen LogP contribution in [0.2, 0.25) is 0 Å². The lowest BCUT2D eigenvalue weighted by molar-refractivity contribution is -0.123. The van der Waals surface area contributed by atoms with E-state index < -0.39 is 10.0 Å². The molecule has 0 bridgehead atoms. The fourth-order valence-corrected chi connectivity index (χ4v) is 4.61. The van der Waals surface area contributed by atoms with Crippen LogP contribution in [-0.4, -0.2) is 43.3 Å². The summed E-state index contributed by atoms with van der Waals surface area (Å²) >= 11 is 0. The third-order valence-corrected chi connectivity index (χ3v) is 6.33. The second-order valence-corrected chi connectivity index (χ2v) is 7.78. The molecule has 0 radical (unpaired) electrons. The highest BCUT2D eigenvalue weighted by Gasteiger charge is 2.27. The molecular weight excluding hydrogens is 314 g/mol. The molecule has 3 rings (SSSR count). The van der Waals surface area contributed by atoms with E-state index in [4.69, 9.17) is 0 Å². The van der Waals surface area contributed by atoms with E-state index in [0.29, 0.717) is 18.0 Å². The van der Waals surface area contributed by atoms with E-state index in [1.807, 2.05) is 23.8 Å². The average Bonchev–Trinajstić information content (AvgIpc) is 3.22. The lowest BCUT2D eigenvalue weighted by Gasteiger charge is -2.16. The van der Waals surface area contributed by atoms with Gasteiger partial charge in [0.2, 0.25) is 15.9 Å². The molecule has 1 amide bonds. The Morgan fingerprint density at radius 1 is 1.22 bits per heavy atom. The molecular formula is C16H21N3O3S. The molecule has 1 N–H and O–H groups in total. The van der Waals surface area contributed by atoms with Gasteiger partial charge in [0.05, 0.1) is 4.90 Å². The predicted molar refractivity (Wildman–Crippen MR) is 88.7 cm³/mol. The van der Waals surface area contributed by atoms with Crippen LogP contribution in [0.4, 0.5) is 0 Å². The smallest absolute Gasteiger partial charge is 0.243 e. The number of hydrogen-bond donors (Lipinski definition) is 1. The quantitative estimate of drug-likeness (QED) is 0.925. The molecule has 1 aliphatic heterocycles. The number of fused-ring (bicyclic) bond motifs is 1. The van der Waals surface area contributed by atoms with Gasteiger partial charge < -0.3 is 9.88 Å². The SMILES string of the molecule is CNC(=O)[C@H](C)n1ccc2cc(S(=O)(=O)N3CCCC3)ccc21. The largest absolute Gasteiger partial charge is 0.357 e. The van der Waals surface area contributed by atoms with E-state index in [1.54, 1.807) is 25.2 Å². The van der Waals surface area contributed by atoms with Crippen molar-refractivity contribution in [3.8, 4) is 0 Å². The summed E-state index contributed by atoms with van der Waals surface area (Å²) < 4.78 is 28.6. The maximum Gasteiger partial charge on any atom is 0.243 e. The minimum Gasteiger partial charge on any atom is -0.357 e. The molecule has 0 spiro atoms. The van der Waals surface area contributed by atoms with E-state index in [0.717, 1.165) is 23.7 Å². The lowest BCUT2D eigenvalue weighted by atomic mass is 10.2. The van der Waals surface area contributed by atoms with Crippen LogP contribution in [0, 0.1) is 0 Å². The zero-order chi connectivity index (χ0) is 16.6. The first-order chi connectivity index (χ1) is 10.9. The van der Waals surface area contributed by atoms with E-state index in [-0.39, 0.29) is 11.9 Å². The van der Waals surface area contributed by atoms with Crippen LogP contribution in [0.1, 0.15) is 25.8 Å². The summed E-state index contributed by atoms with van der Waals surface area (Å²) in [6.45, 7) is 3.00. The summed E-state index contributed by atoms with van der Waals surface area (Å²) in [4.78, 5) is 12.1. The van der Waals surface area contributed by atoms with Crippen LogP contribution in [0.15, 0.2) is 35.4 Å². The number of likely N-dealkylation sites (N-methyl/N-ethyl adjacent to an activating group) is 1. The van der Waals surface area contributed by atoms with Crippen molar-refractivity contribution in [1.29, 1.82) is 0 Å². The van der Waals surface area contributed by atoms with Gasteiger partial charge in [-0.2, -0.15) is 4.31 Å². The van der Waals surface area contributed by atoms with Gasteiger partial charge in [0, 0.05) is 37.2 Å². The van der Waals surface area contributed by atoms with Crippen LogP contribution in [0.3, 0.4) is 0 Å². The Morgan fingerprint density at radius 3 is 2.57 bits per heavy atom. The Labute approximate surface area is 136 Å². The lowest BCUT2D eigenvalue weighted by Crippen LogP contribution is -2.28. The normalized spacial score (nSPS) is 17.5. The molecule has 1 atom stereocenters. The fourth-order valence-electron chi connectivity index (χ4n) is 3.05. The number of sulfonamides is 1. The molecule has 1 aliphatic rings. The monoisotopic (exact) mass is 335 g/mol. The van der Waals surface area contributed by atoms with Crippen molar-refractivity contribution in [1.82, 2.24) is 14.2 Å². The van der Waals surface area contributed by atoms with Crippen molar-refractivity contribution in [3.63, 3.8) is 0 Å². The molecule has 0 saturated carbocycles. The van der Waals surface area contributed by atoms with E-state index in [2.05, 4.69) is 5.32 Å². The molecule has 7 heteroatoms. The third-order valence-electron chi connectivity index (χ3n) is 4.44. The molecule has 2 aromatic rings. The minimum absolute atomic E-state index is 0.0868. The summed E-state index contributed by atoms with van der Waals surface area (Å²) in [7, 11) is -1.81. The summed E-state index contributed by atoms with van der Waals surface area (Å²) in [5.74, 6) is -0.0868. The molecule has 1 aromatic heterocycles.